The smallest absolute Gasteiger partial charge is 0.357 e. The van der Waals surface area contributed by atoms with E-state index in [1.54, 1.807) is 6.92 Å². The standard InChI is InChI=1S/C7H10F3N3S/c1-4(3-7(8,9)10)11-6-13-12-5(2)14-6/h4H,3H2,1-2H3,(H,11,13). The topological polar surface area (TPSA) is 37.8 Å². The van der Waals surface area contributed by atoms with Crippen LogP contribution in [0.2, 0.25) is 0 Å². The molecule has 0 aliphatic rings. The predicted octanol–water partition coefficient (Wildman–Crippen LogP) is 2.60. The summed E-state index contributed by atoms with van der Waals surface area (Å²) in [5.41, 5.74) is 0. The molecule has 0 saturated carbocycles. The van der Waals surface area contributed by atoms with Crippen LogP contribution >= 0.6 is 11.3 Å². The minimum atomic E-state index is -4.15. The molecule has 1 N–H and O–H groups in total. The van der Waals surface area contributed by atoms with E-state index in [4.69, 9.17) is 0 Å². The molecule has 7 heteroatoms. The Hall–Kier alpha value is -0.850. The van der Waals surface area contributed by atoms with Crippen LogP contribution in [0, 0.1) is 6.92 Å². The summed E-state index contributed by atoms with van der Waals surface area (Å²) >= 11 is 1.24. The molecule has 1 rings (SSSR count). The Kier molecular flexibility index (Phi) is 3.30. The average Bonchev–Trinajstić information content (AvgIpc) is 2.30. The van der Waals surface area contributed by atoms with E-state index in [0.29, 0.717) is 5.13 Å². The molecule has 0 fully saturated rings. The first-order valence-electron chi connectivity index (χ1n) is 4.00. The van der Waals surface area contributed by atoms with E-state index in [0.717, 1.165) is 5.01 Å². The van der Waals surface area contributed by atoms with Crippen molar-refractivity contribution >= 4 is 16.5 Å². The van der Waals surface area contributed by atoms with Crippen molar-refractivity contribution in [3.05, 3.63) is 5.01 Å². The van der Waals surface area contributed by atoms with E-state index >= 15 is 0 Å². The molecule has 0 aromatic carbocycles. The number of nitrogens with zero attached hydrogens (tertiary/aromatic N) is 2. The first kappa shape index (κ1) is 11.2. The molecule has 0 saturated heterocycles. The SMILES string of the molecule is Cc1nnc(NC(C)CC(F)(F)F)s1. The van der Waals surface area contributed by atoms with Gasteiger partial charge in [0.25, 0.3) is 0 Å². The molecule has 0 aliphatic carbocycles. The molecule has 1 atom stereocenters. The van der Waals surface area contributed by atoms with Crippen molar-refractivity contribution in [1.29, 1.82) is 0 Å². The van der Waals surface area contributed by atoms with Gasteiger partial charge in [-0.05, 0) is 13.8 Å². The van der Waals surface area contributed by atoms with Gasteiger partial charge in [0, 0.05) is 6.04 Å². The number of nitrogens with one attached hydrogen (secondary N) is 1. The van der Waals surface area contributed by atoms with Gasteiger partial charge in [0.15, 0.2) is 0 Å². The Balaban J connectivity index is 2.45. The zero-order valence-corrected chi connectivity index (χ0v) is 8.54. The Bertz CT molecular complexity index is 297. The van der Waals surface area contributed by atoms with Crippen LogP contribution in [0.25, 0.3) is 0 Å². The van der Waals surface area contributed by atoms with Gasteiger partial charge < -0.3 is 5.32 Å². The second-order valence-corrected chi connectivity index (χ2v) is 4.17. The highest BCUT2D eigenvalue weighted by atomic mass is 32.1. The first-order valence-corrected chi connectivity index (χ1v) is 4.82. The van der Waals surface area contributed by atoms with E-state index in [9.17, 15) is 13.2 Å². The maximum Gasteiger partial charge on any atom is 0.391 e. The number of aryl methyl sites for hydroxylation is 1. The van der Waals surface area contributed by atoms with Gasteiger partial charge in [-0.15, -0.1) is 10.2 Å². The summed E-state index contributed by atoms with van der Waals surface area (Å²) in [6.07, 6.45) is -5.02. The summed E-state index contributed by atoms with van der Waals surface area (Å²) in [6.45, 7) is 3.21. The molecule has 1 aromatic heterocycles. The van der Waals surface area contributed by atoms with Crippen molar-refractivity contribution in [2.24, 2.45) is 0 Å². The number of hydrogen-bond donors (Lipinski definition) is 1. The van der Waals surface area contributed by atoms with E-state index in [1.807, 2.05) is 0 Å². The highest BCUT2D eigenvalue weighted by Crippen LogP contribution is 2.24. The molecule has 1 heterocycles. The Morgan fingerprint density at radius 3 is 2.50 bits per heavy atom. The number of aromatic nitrogens is 2. The maximum atomic E-state index is 11.9. The molecule has 80 valence electrons. The molecular formula is C7H10F3N3S. The average molecular weight is 225 g/mol. The monoisotopic (exact) mass is 225 g/mol. The third-order valence-electron chi connectivity index (χ3n) is 1.43. The number of rotatable bonds is 3. The van der Waals surface area contributed by atoms with E-state index in [-0.39, 0.29) is 0 Å². The number of halogens is 3. The van der Waals surface area contributed by atoms with Gasteiger partial charge in [0.1, 0.15) is 5.01 Å². The molecule has 1 unspecified atom stereocenters. The van der Waals surface area contributed by atoms with Gasteiger partial charge in [-0.3, -0.25) is 0 Å². The summed E-state index contributed by atoms with van der Waals surface area (Å²) < 4.78 is 35.8. The number of hydrogen-bond acceptors (Lipinski definition) is 4. The Morgan fingerprint density at radius 1 is 1.43 bits per heavy atom. The van der Waals surface area contributed by atoms with Crippen LogP contribution in [0.15, 0.2) is 0 Å². The molecule has 1 aromatic rings. The third kappa shape index (κ3) is 3.91. The van der Waals surface area contributed by atoms with Crippen molar-refractivity contribution in [2.45, 2.75) is 32.5 Å². The van der Waals surface area contributed by atoms with Gasteiger partial charge in [0.2, 0.25) is 5.13 Å². The fourth-order valence-corrected chi connectivity index (χ4v) is 1.67. The molecule has 14 heavy (non-hydrogen) atoms. The normalized spacial score (nSPS) is 14.1. The molecule has 0 aliphatic heterocycles. The molecule has 0 radical (unpaired) electrons. The summed E-state index contributed by atoms with van der Waals surface area (Å²) in [6, 6.07) is -0.678. The fourth-order valence-electron chi connectivity index (χ4n) is 0.964. The van der Waals surface area contributed by atoms with Crippen molar-refractivity contribution in [3.63, 3.8) is 0 Å². The minimum Gasteiger partial charge on any atom is -0.357 e. The highest BCUT2D eigenvalue weighted by molar-refractivity contribution is 7.15. The second-order valence-electron chi connectivity index (χ2n) is 2.99. The van der Waals surface area contributed by atoms with Crippen molar-refractivity contribution < 1.29 is 13.2 Å². The summed E-state index contributed by atoms with van der Waals surface area (Å²) in [5, 5.41) is 11.2. The Labute approximate surface area is 83.4 Å². The largest absolute Gasteiger partial charge is 0.391 e. The lowest BCUT2D eigenvalue weighted by Crippen LogP contribution is -2.23. The van der Waals surface area contributed by atoms with E-state index in [2.05, 4.69) is 15.5 Å². The van der Waals surface area contributed by atoms with Crippen molar-refractivity contribution in [1.82, 2.24) is 10.2 Å². The fraction of sp³-hybridized carbons (Fsp3) is 0.714. The van der Waals surface area contributed by atoms with Gasteiger partial charge in [-0.2, -0.15) is 13.2 Å². The lowest BCUT2D eigenvalue weighted by atomic mass is 10.2. The maximum absolute atomic E-state index is 11.9. The first-order chi connectivity index (χ1) is 6.37. The predicted molar refractivity (Wildman–Crippen MR) is 48.4 cm³/mol. The summed E-state index contributed by atoms with van der Waals surface area (Å²) in [4.78, 5) is 0. The molecular weight excluding hydrogens is 215 g/mol. The number of alkyl halides is 3. The van der Waals surface area contributed by atoms with Gasteiger partial charge in [-0.1, -0.05) is 11.3 Å². The molecule has 0 spiro atoms. The van der Waals surface area contributed by atoms with Crippen LogP contribution < -0.4 is 5.32 Å². The van der Waals surface area contributed by atoms with Gasteiger partial charge in [0.05, 0.1) is 6.42 Å². The van der Waals surface area contributed by atoms with E-state index in [1.165, 1.54) is 18.3 Å². The van der Waals surface area contributed by atoms with Crippen LogP contribution in [-0.2, 0) is 0 Å². The second kappa shape index (κ2) is 4.12. The zero-order valence-electron chi connectivity index (χ0n) is 7.72. The van der Waals surface area contributed by atoms with Crippen molar-refractivity contribution in [3.8, 4) is 0 Å². The lowest BCUT2D eigenvalue weighted by molar-refractivity contribution is -0.136. The van der Waals surface area contributed by atoms with Crippen molar-refractivity contribution in [2.75, 3.05) is 5.32 Å². The number of anilines is 1. The Morgan fingerprint density at radius 2 is 2.07 bits per heavy atom. The van der Waals surface area contributed by atoms with Gasteiger partial charge >= 0.3 is 6.18 Å². The van der Waals surface area contributed by atoms with Crippen LogP contribution in [-0.4, -0.2) is 22.4 Å². The minimum absolute atomic E-state index is 0.430. The molecule has 0 amide bonds. The van der Waals surface area contributed by atoms with Crippen LogP contribution in [0.3, 0.4) is 0 Å². The van der Waals surface area contributed by atoms with Crippen LogP contribution in [0.1, 0.15) is 18.4 Å². The van der Waals surface area contributed by atoms with Gasteiger partial charge in [-0.25, -0.2) is 0 Å². The molecule has 3 nitrogen and oxygen atoms in total. The third-order valence-corrected chi connectivity index (χ3v) is 2.20. The van der Waals surface area contributed by atoms with E-state index < -0.39 is 18.6 Å². The van der Waals surface area contributed by atoms with Crippen LogP contribution in [0.5, 0.6) is 0 Å². The summed E-state index contributed by atoms with van der Waals surface area (Å²) in [7, 11) is 0. The zero-order chi connectivity index (χ0) is 10.8. The van der Waals surface area contributed by atoms with Crippen LogP contribution in [0.4, 0.5) is 18.3 Å². The highest BCUT2D eigenvalue weighted by Gasteiger charge is 2.30. The molecule has 0 bridgehead atoms. The lowest BCUT2D eigenvalue weighted by Gasteiger charge is -2.14. The summed E-state index contributed by atoms with van der Waals surface area (Å²) in [5.74, 6) is 0. The quantitative estimate of drug-likeness (QED) is 0.859.